The SMILES string of the molecule is CCC[C@H](C(=O)NC1CCCCCC1)N1Cc2ccccc2C1=O. The molecule has 0 spiro atoms. The summed E-state index contributed by atoms with van der Waals surface area (Å²) in [6.45, 7) is 2.62. The zero-order chi connectivity index (χ0) is 16.9. The molecule has 1 aromatic rings. The number of benzene rings is 1. The predicted molar refractivity (Wildman–Crippen MR) is 94.6 cm³/mol. The van der Waals surface area contributed by atoms with Crippen LogP contribution >= 0.6 is 0 Å². The van der Waals surface area contributed by atoms with Gasteiger partial charge in [0.05, 0.1) is 0 Å². The van der Waals surface area contributed by atoms with E-state index in [1.165, 1.54) is 25.7 Å². The van der Waals surface area contributed by atoms with Crippen LogP contribution in [0.2, 0.25) is 0 Å². The van der Waals surface area contributed by atoms with Crippen LogP contribution in [0.3, 0.4) is 0 Å². The average Bonchev–Trinajstić information content (AvgIpc) is 2.76. The molecule has 0 bridgehead atoms. The molecule has 1 aliphatic heterocycles. The molecule has 1 saturated carbocycles. The molecule has 3 rings (SSSR count). The molecule has 0 aromatic heterocycles. The topological polar surface area (TPSA) is 49.4 Å². The summed E-state index contributed by atoms with van der Waals surface area (Å²) in [6, 6.07) is 7.62. The van der Waals surface area contributed by atoms with E-state index in [1.807, 2.05) is 24.3 Å². The van der Waals surface area contributed by atoms with Crippen LogP contribution in [0, 0.1) is 0 Å². The Bertz CT molecular complexity index is 591. The first-order valence-electron chi connectivity index (χ1n) is 9.40. The second-order valence-corrected chi connectivity index (χ2v) is 7.09. The number of nitrogens with zero attached hydrogens (tertiary/aromatic N) is 1. The highest BCUT2D eigenvalue weighted by molar-refractivity contribution is 6.01. The highest BCUT2D eigenvalue weighted by Gasteiger charge is 2.36. The zero-order valence-electron chi connectivity index (χ0n) is 14.6. The molecule has 24 heavy (non-hydrogen) atoms. The Labute approximate surface area is 144 Å². The maximum absolute atomic E-state index is 12.9. The van der Waals surface area contributed by atoms with Crippen molar-refractivity contribution in [2.24, 2.45) is 0 Å². The van der Waals surface area contributed by atoms with Gasteiger partial charge in [0.1, 0.15) is 6.04 Å². The molecular weight excluding hydrogens is 300 g/mol. The van der Waals surface area contributed by atoms with Crippen molar-refractivity contribution in [1.82, 2.24) is 10.2 Å². The minimum atomic E-state index is -0.349. The first kappa shape index (κ1) is 17.0. The number of fused-ring (bicyclic) bond motifs is 1. The second kappa shape index (κ2) is 7.82. The Morgan fingerprint density at radius 1 is 1.21 bits per heavy atom. The lowest BCUT2D eigenvalue weighted by molar-refractivity contribution is -0.126. The molecule has 1 fully saturated rings. The lowest BCUT2D eigenvalue weighted by Gasteiger charge is -2.28. The fraction of sp³-hybridized carbons (Fsp3) is 0.600. The lowest BCUT2D eigenvalue weighted by atomic mass is 10.1. The summed E-state index contributed by atoms with van der Waals surface area (Å²) in [4.78, 5) is 27.4. The standard InChI is InChI=1S/C20H28N2O2/c1-2-9-18(19(23)21-16-11-5-3-4-6-12-16)22-14-15-10-7-8-13-17(15)20(22)24/h7-8,10,13,16,18H,2-6,9,11-12,14H2,1H3,(H,21,23)/t18-/m1/s1. The molecule has 2 aliphatic rings. The first-order chi connectivity index (χ1) is 11.7. The number of hydrogen-bond donors (Lipinski definition) is 1. The first-order valence-corrected chi connectivity index (χ1v) is 9.40. The fourth-order valence-corrected chi connectivity index (χ4v) is 3.95. The molecule has 1 aromatic carbocycles. The monoisotopic (exact) mass is 328 g/mol. The van der Waals surface area contributed by atoms with Crippen molar-refractivity contribution >= 4 is 11.8 Å². The highest BCUT2D eigenvalue weighted by atomic mass is 16.2. The largest absolute Gasteiger partial charge is 0.352 e. The van der Waals surface area contributed by atoms with Gasteiger partial charge in [-0.2, -0.15) is 0 Å². The molecule has 1 heterocycles. The molecule has 4 nitrogen and oxygen atoms in total. The van der Waals surface area contributed by atoms with Crippen molar-refractivity contribution < 1.29 is 9.59 Å². The molecule has 4 heteroatoms. The summed E-state index contributed by atoms with van der Waals surface area (Å²) in [6.07, 6.45) is 8.67. The van der Waals surface area contributed by atoms with E-state index in [2.05, 4.69) is 12.2 Å². The Kier molecular flexibility index (Phi) is 5.54. The molecular formula is C20H28N2O2. The Hall–Kier alpha value is -1.84. The number of nitrogens with one attached hydrogen (secondary N) is 1. The third-order valence-electron chi connectivity index (χ3n) is 5.29. The number of carbonyl (C=O) groups excluding carboxylic acids is 2. The van der Waals surface area contributed by atoms with Crippen LogP contribution < -0.4 is 5.32 Å². The van der Waals surface area contributed by atoms with Gasteiger partial charge in [0.25, 0.3) is 5.91 Å². The van der Waals surface area contributed by atoms with E-state index in [9.17, 15) is 9.59 Å². The molecule has 0 unspecified atom stereocenters. The summed E-state index contributed by atoms with van der Waals surface area (Å²) < 4.78 is 0. The summed E-state index contributed by atoms with van der Waals surface area (Å²) in [5, 5.41) is 3.24. The van der Waals surface area contributed by atoms with Crippen LogP contribution in [0.15, 0.2) is 24.3 Å². The van der Waals surface area contributed by atoms with Crippen molar-refractivity contribution in [3.63, 3.8) is 0 Å². The molecule has 1 aliphatic carbocycles. The minimum absolute atomic E-state index is 0.0000615. The second-order valence-electron chi connectivity index (χ2n) is 7.09. The van der Waals surface area contributed by atoms with Gasteiger partial charge in [0.2, 0.25) is 5.91 Å². The van der Waals surface area contributed by atoms with Gasteiger partial charge in [0, 0.05) is 18.2 Å². The van der Waals surface area contributed by atoms with Gasteiger partial charge in [-0.05, 0) is 30.9 Å². The molecule has 130 valence electrons. The number of amides is 2. The quantitative estimate of drug-likeness (QED) is 0.839. The fourth-order valence-electron chi connectivity index (χ4n) is 3.95. The van der Waals surface area contributed by atoms with E-state index >= 15 is 0 Å². The van der Waals surface area contributed by atoms with Gasteiger partial charge in [-0.15, -0.1) is 0 Å². The van der Waals surface area contributed by atoms with Crippen molar-refractivity contribution in [2.75, 3.05) is 0 Å². The van der Waals surface area contributed by atoms with Gasteiger partial charge in [0.15, 0.2) is 0 Å². The highest BCUT2D eigenvalue weighted by Crippen LogP contribution is 2.26. The molecule has 2 amide bonds. The number of hydrogen-bond acceptors (Lipinski definition) is 2. The Balaban J connectivity index is 1.70. The van der Waals surface area contributed by atoms with E-state index in [0.717, 1.165) is 36.8 Å². The minimum Gasteiger partial charge on any atom is -0.352 e. The van der Waals surface area contributed by atoms with Crippen molar-refractivity contribution in [3.05, 3.63) is 35.4 Å². The maximum atomic E-state index is 12.9. The molecule has 1 atom stereocenters. The van der Waals surface area contributed by atoms with Crippen LogP contribution in [0.25, 0.3) is 0 Å². The van der Waals surface area contributed by atoms with Crippen LogP contribution in [0.5, 0.6) is 0 Å². The van der Waals surface area contributed by atoms with E-state index in [0.29, 0.717) is 6.54 Å². The Morgan fingerprint density at radius 3 is 2.58 bits per heavy atom. The van der Waals surface area contributed by atoms with Crippen molar-refractivity contribution in [3.8, 4) is 0 Å². The van der Waals surface area contributed by atoms with E-state index in [1.54, 1.807) is 4.90 Å². The normalized spacial score (nSPS) is 19.7. The summed E-state index contributed by atoms with van der Waals surface area (Å²) in [5.74, 6) is 0.0324. The third-order valence-corrected chi connectivity index (χ3v) is 5.29. The van der Waals surface area contributed by atoms with Crippen LogP contribution in [-0.2, 0) is 11.3 Å². The lowest BCUT2D eigenvalue weighted by Crippen LogP contribution is -2.49. The smallest absolute Gasteiger partial charge is 0.255 e. The maximum Gasteiger partial charge on any atom is 0.255 e. The van der Waals surface area contributed by atoms with Crippen LogP contribution in [0.4, 0.5) is 0 Å². The number of rotatable bonds is 5. The van der Waals surface area contributed by atoms with Crippen molar-refractivity contribution in [2.45, 2.75) is 76.9 Å². The molecule has 0 radical (unpaired) electrons. The van der Waals surface area contributed by atoms with Crippen molar-refractivity contribution in [1.29, 1.82) is 0 Å². The van der Waals surface area contributed by atoms with Gasteiger partial charge in [-0.1, -0.05) is 57.2 Å². The third kappa shape index (κ3) is 3.63. The number of carbonyl (C=O) groups is 2. The van der Waals surface area contributed by atoms with E-state index < -0.39 is 0 Å². The van der Waals surface area contributed by atoms with Crippen LogP contribution in [-0.4, -0.2) is 28.8 Å². The summed E-state index contributed by atoms with van der Waals surface area (Å²) in [5.41, 5.74) is 1.78. The average molecular weight is 328 g/mol. The summed E-state index contributed by atoms with van der Waals surface area (Å²) in [7, 11) is 0. The van der Waals surface area contributed by atoms with Gasteiger partial charge < -0.3 is 10.2 Å². The van der Waals surface area contributed by atoms with Gasteiger partial charge >= 0.3 is 0 Å². The predicted octanol–water partition coefficient (Wildman–Crippen LogP) is 3.65. The van der Waals surface area contributed by atoms with Crippen LogP contribution in [0.1, 0.15) is 74.2 Å². The van der Waals surface area contributed by atoms with Gasteiger partial charge in [-0.3, -0.25) is 9.59 Å². The zero-order valence-corrected chi connectivity index (χ0v) is 14.6. The molecule has 0 saturated heterocycles. The Morgan fingerprint density at radius 2 is 1.92 bits per heavy atom. The van der Waals surface area contributed by atoms with Gasteiger partial charge in [-0.25, -0.2) is 0 Å². The van der Waals surface area contributed by atoms with E-state index in [4.69, 9.17) is 0 Å². The van der Waals surface area contributed by atoms with E-state index in [-0.39, 0.29) is 23.9 Å². The molecule has 1 N–H and O–H groups in total. The summed E-state index contributed by atoms with van der Waals surface area (Å²) >= 11 is 0.